The van der Waals surface area contributed by atoms with Crippen LogP contribution >= 0.6 is 0 Å². The SMILES string of the molecule is O=C(Nc1ccc(OC(F)(F)F)cc1)N(CCC(c1ccccc1)c1ccccc1)CCN1CCOCC1. The van der Waals surface area contributed by atoms with Crippen molar-refractivity contribution in [2.75, 3.05) is 51.3 Å². The summed E-state index contributed by atoms with van der Waals surface area (Å²) in [5, 5.41) is 2.83. The predicted octanol–water partition coefficient (Wildman–Crippen LogP) is 5.97. The van der Waals surface area contributed by atoms with E-state index in [9.17, 15) is 18.0 Å². The number of nitrogens with one attached hydrogen (secondary N) is 1. The van der Waals surface area contributed by atoms with Gasteiger partial charge in [0.25, 0.3) is 0 Å². The third-order valence-corrected chi connectivity index (χ3v) is 6.51. The van der Waals surface area contributed by atoms with E-state index in [1.54, 1.807) is 4.90 Å². The maximum absolute atomic E-state index is 13.3. The number of rotatable bonds is 10. The van der Waals surface area contributed by atoms with Crippen LogP contribution in [0.1, 0.15) is 23.5 Å². The van der Waals surface area contributed by atoms with Crippen molar-refractivity contribution in [3.05, 3.63) is 96.1 Å². The molecule has 0 bridgehead atoms. The Bertz CT molecular complexity index is 1080. The standard InChI is InChI=1S/C29H32F3N3O3/c30-29(31,32)38-26-13-11-25(12-14-26)33-28(36)35(18-17-34-19-21-37-22-20-34)16-15-27(23-7-3-1-4-8-23)24-9-5-2-6-10-24/h1-14,27H,15-22H2,(H,33,36). The van der Waals surface area contributed by atoms with Gasteiger partial charge >= 0.3 is 12.4 Å². The average Bonchev–Trinajstić information content (AvgIpc) is 2.92. The summed E-state index contributed by atoms with van der Waals surface area (Å²) in [4.78, 5) is 17.4. The number of carbonyl (C=O) groups excluding carboxylic acids is 1. The lowest BCUT2D eigenvalue weighted by atomic mass is 9.88. The van der Waals surface area contributed by atoms with Gasteiger partial charge < -0.3 is 19.7 Å². The second kappa shape index (κ2) is 13.3. The number of urea groups is 1. The van der Waals surface area contributed by atoms with Crippen LogP contribution in [-0.2, 0) is 4.74 Å². The molecule has 202 valence electrons. The van der Waals surface area contributed by atoms with Crippen molar-refractivity contribution in [2.24, 2.45) is 0 Å². The van der Waals surface area contributed by atoms with Crippen molar-refractivity contribution >= 4 is 11.7 Å². The van der Waals surface area contributed by atoms with E-state index in [4.69, 9.17) is 4.74 Å². The smallest absolute Gasteiger partial charge is 0.406 e. The van der Waals surface area contributed by atoms with E-state index in [-0.39, 0.29) is 17.7 Å². The average molecular weight is 528 g/mol. The topological polar surface area (TPSA) is 54.0 Å². The summed E-state index contributed by atoms with van der Waals surface area (Å²) in [7, 11) is 0. The van der Waals surface area contributed by atoms with Crippen LogP contribution in [0.25, 0.3) is 0 Å². The number of ether oxygens (including phenoxy) is 2. The summed E-state index contributed by atoms with van der Waals surface area (Å²) in [6, 6.07) is 25.3. The number of morpholine rings is 1. The Hall–Kier alpha value is -3.56. The van der Waals surface area contributed by atoms with Crippen molar-refractivity contribution in [3.63, 3.8) is 0 Å². The summed E-state index contributed by atoms with van der Waals surface area (Å²) in [6.45, 7) is 4.68. The van der Waals surface area contributed by atoms with Crippen LogP contribution < -0.4 is 10.1 Å². The highest BCUT2D eigenvalue weighted by atomic mass is 19.4. The lowest BCUT2D eigenvalue weighted by Gasteiger charge is -2.31. The van der Waals surface area contributed by atoms with Gasteiger partial charge in [-0.05, 0) is 41.8 Å². The fourth-order valence-corrected chi connectivity index (χ4v) is 4.53. The largest absolute Gasteiger partial charge is 0.573 e. The van der Waals surface area contributed by atoms with Gasteiger partial charge in [-0.15, -0.1) is 13.2 Å². The molecule has 38 heavy (non-hydrogen) atoms. The minimum absolute atomic E-state index is 0.106. The molecule has 3 aromatic rings. The van der Waals surface area contributed by atoms with Crippen LogP contribution in [0, 0.1) is 0 Å². The normalized spacial score (nSPS) is 14.3. The molecular formula is C29H32F3N3O3. The Morgan fingerprint density at radius 3 is 2.03 bits per heavy atom. The summed E-state index contributed by atoms with van der Waals surface area (Å²) in [5.74, 6) is -0.233. The number of carbonyl (C=O) groups is 1. The van der Waals surface area contributed by atoms with Gasteiger partial charge in [-0.3, -0.25) is 4.90 Å². The molecule has 1 aliphatic heterocycles. The number of nitrogens with zero attached hydrogens (tertiary/aromatic N) is 2. The monoisotopic (exact) mass is 527 g/mol. The van der Waals surface area contributed by atoms with Crippen molar-refractivity contribution in [1.82, 2.24) is 9.80 Å². The second-order valence-electron chi connectivity index (χ2n) is 9.11. The van der Waals surface area contributed by atoms with Crippen molar-refractivity contribution in [2.45, 2.75) is 18.7 Å². The van der Waals surface area contributed by atoms with Gasteiger partial charge in [0.2, 0.25) is 0 Å². The van der Waals surface area contributed by atoms with Gasteiger partial charge in [0.05, 0.1) is 13.2 Å². The van der Waals surface area contributed by atoms with Crippen LogP contribution in [0.4, 0.5) is 23.7 Å². The zero-order chi connectivity index (χ0) is 26.8. The first kappa shape index (κ1) is 27.5. The van der Waals surface area contributed by atoms with Gasteiger partial charge in [-0.1, -0.05) is 60.7 Å². The fourth-order valence-electron chi connectivity index (χ4n) is 4.53. The van der Waals surface area contributed by atoms with Crippen molar-refractivity contribution in [1.29, 1.82) is 0 Å². The maximum Gasteiger partial charge on any atom is 0.573 e. The molecule has 6 nitrogen and oxygen atoms in total. The zero-order valence-corrected chi connectivity index (χ0v) is 21.1. The molecule has 0 saturated carbocycles. The van der Waals surface area contributed by atoms with Gasteiger partial charge in [0, 0.05) is 44.3 Å². The van der Waals surface area contributed by atoms with Gasteiger partial charge in [-0.2, -0.15) is 0 Å². The predicted molar refractivity (Wildman–Crippen MR) is 140 cm³/mol. The quantitative estimate of drug-likeness (QED) is 0.353. The molecule has 0 aliphatic carbocycles. The van der Waals surface area contributed by atoms with E-state index in [1.165, 1.54) is 35.4 Å². The molecular weight excluding hydrogens is 495 g/mol. The molecule has 0 spiro atoms. The van der Waals surface area contributed by atoms with E-state index in [0.29, 0.717) is 45.0 Å². The molecule has 1 heterocycles. The Balaban J connectivity index is 1.46. The van der Waals surface area contributed by atoms with Gasteiger partial charge in [-0.25, -0.2) is 4.79 Å². The van der Waals surface area contributed by atoms with Crippen LogP contribution in [0.5, 0.6) is 5.75 Å². The van der Waals surface area contributed by atoms with E-state index in [2.05, 4.69) is 39.2 Å². The number of halogens is 3. The van der Waals surface area contributed by atoms with Gasteiger partial charge in [0.1, 0.15) is 5.75 Å². The highest BCUT2D eigenvalue weighted by Gasteiger charge is 2.31. The summed E-state index contributed by atoms with van der Waals surface area (Å²) in [5.41, 5.74) is 2.74. The minimum Gasteiger partial charge on any atom is -0.406 e. The Kier molecular flexibility index (Phi) is 9.62. The molecule has 0 unspecified atom stereocenters. The van der Waals surface area contributed by atoms with Crippen molar-refractivity contribution < 1.29 is 27.4 Å². The lowest BCUT2D eigenvalue weighted by molar-refractivity contribution is -0.274. The fraction of sp³-hybridized carbons (Fsp3) is 0.345. The number of hydrogen-bond donors (Lipinski definition) is 1. The first-order valence-corrected chi connectivity index (χ1v) is 12.7. The number of anilines is 1. The third-order valence-electron chi connectivity index (χ3n) is 6.51. The first-order valence-electron chi connectivity index (χ1n) is 12.7. The van der Waals surface area contributed by atoms with Gasteiger partial charge in [0.15, 0.2) is 0 Å². The lowest BCUT2D eigenvalue weighted by Crippen LogP contribution is -2.44. The highest BCUT2D eigenvalue weighted by Crippen LogP contribution is 2.28. The summed E-state index contributed by atoms with van der Waals surface area (Å²) < 4.78 is 46.8. The molecule has 4 rings (SSSR count). The molecule has 0 aromatic heterocycles. The molecule has 9 heteroatoms. The Morgan fingerprint density at radius 1 is 0.895 bits per heavy atom. The minimum atomic E-state index is -4.77. The molecule has 3 aromatic carbocycles. The first-order chi connectivity index (χ1) is 18.4. The van der Waals surface area contributed by atoms with Crippen LogP contribution in [0.3, 0.4) is 0 Å². The summed E-state index contributed by atoms with van der Waals surface area (Å²) in [6.07, 6.45) is -4.06. The Labute approximate surface area is 221 Å². The summed E-state index contributed by atoms with van der Waals surface area (Å²) >= 11 is 0. The molecule has 0 atom stereocenters. The zero-order valence-electron chi connectivity index (χ0n) is 21.1. The number of benzene rings is 3. The third kappa shape index (κ3) is 8.49. The van der Waals surface area contributed by atoms with E-state index in [1.807, 2.05) is 36.4 Å². The van der Waals surface area contributed by atoms with Crippen LogP contribution in [0.2, 0.25) is 0 Å². The molecule has 1 N–H and O–H groups in total. The molecule has 1 saturated heterocycles. The number of hydrogen-bond acceptors (Lipinski definition) is 4. The second-order valence-corrected chi connectivity index (χ2v) is 9.11. The molecule has 1 fully saturated rings. The molecule has 1 aliphatic rings. The van der Waals surface area contributed by atoms with E-state index >= 15 is 0 Å². The maximum atomic E-state index is 13.3. The Morgan fingerprint density at radius 2 is 1.47 bits per heavy atom. The number of amides is 2. The molecule has 0 radical (unpaired) electrons. The van der Waals surface area contributed by atoms with E-state index < -0.39 is 6.36 Å². The van der Waals surface area contributed by atoms with Crippen molar-refractivity contribution in [3.8, 4) is 5.75 Å². The van der Waals surface area contributed by atoms with Crippen LogP contribution in [-0.4, -0.2) is 68.1 Å². The van der Waals surface area contributed by atoms with Crippen LogP contribution in [0.15, 0.2) is 84.9 Å². The van der Waals surface area contributed by atoms with E-state index in [0.717, 1.165) is 13.1 Å². The highest BCUT2D eigenvalue weighted by molar-refractivity contribution is 5.89. The molecule has 2 amide bonds. The number of alkyl halides is 3.